The number of carboxylic acid groups (broad SMARTS) is 1. The van der Waals surface area contributed by atoms with E-state index in [1.165, 1.54) is 0 Å². The Morgan fingerprint density at radius 3 is 2.53 bits per heavy atom. The normalized spacial score (nSPS) is 25.4. The van der Waals surface area contributed by atoms with Crippen LogP contribution >= 0.6 is 0 Å². The van der Waals surface area contributed by atoms with Gasteiger partial charge in [0.15, 0.2) is 5.58 Å². The number of likely N-dealkylation sites (tertiary alicyclic amines) is 1. The molecule has 8 heteroatoms. The summed E-state index contributed by atoms with van der Waals surface area (Å²) in [6.07, 6.45) is 7.86. The minimum atomic E-state index is -0.624. The third kappa shape index (κ3) is 5.66. The Bertz CT molecular complexity index is 940. The van der Waals surface area contributed by atoms with Crippen LogP contribution in [-0.2, 0) is 9.53 Å². The molecule has 1 N–H and O–H groups in total. The molecule has 1 saturated carbocycles. The number of aromatic nitrogens is 1. The first-order chi connectivity index (χ1) is 16.7. The first-order valence-electron chi connectivity index (χ1n) is 12.9. The van der Waals surface area contributed by atoms with Gasteiger partial charge in [-0.3, -0.25) is 4.79 Å². The summed E-state index contributed by atoms with van der Waals surface area (Å²) >= 11 is 0. The van der Waals surface area contributed by atoms with Crippen molar-refractivity contribution in [3.63, 3.8) is 0 Å². The maximum Gasteiger partial charge on any atom is 0.306 e. The van der Waals surface area contributed by atoms with Crippen molar-refractivity contribution in [2.45, 2.75) is 57.5 Å². The molecule has 5 rings (SSSR count). The lowest BCUT2D eigenvalue weighted by Gasteiger charge is -2.36. The van der Waals surface area contributed by atoms with E-state index >= 15 is 0 Å². The molecule has 0 amide bonds. The van der Waals surface area contributed by atoms with Gasteiger partial charge in [0, 0.05) is 19.4 Å². The largest absolute Gasteiger partial charge is 0.489 e. The second-order valence-electron chi connectivity index (χ2n) is 10.2. The number of carboxylic acids is 1. The van der Waals surface area contributed by atoms with Gasteiger partial charge in [-0.1, -0.05) is 6.07 Å². The average molecular weight is 473 g/mol. The van der Waals surface area contributed by atoms with E-state index in [0.29, 0.717) is 29.9 Å². The molecule has 3 aliphatic rings. The minimum absolute atomic E-state index is 0.130. The summed E-state index contributed by atoms with van der Waals surface area (Å²) in [6, 6.07) is 5.79. The lowest BCUT2D eigenvalue weighted by atomic mass is 9.81. The number of aliphatic carboxylic acids is 1. The molecule has 1 aliphatic carbocycles. The average Bonchev–Trinajstić information content (AvgIpc) is 3.29. The van der Waals surface area contributed by atoms with Crippen molar-refractivity contribution in [2.75, 3.05) is 39.5 Å². The second kappa shape index (κ2) is 11.0. The highest BCUT2D eigenvalue weighted by atomic mass is 16.5. The summed E-state index contributed by atoms with van der Waals surface area (Å²) in [7, 11) is 0. The van der Waals surface area contributed by atoms with Gasteiger partial charge in [-0.15, -0.1) is 0 Å². The van der Waals surface area contributed by atoms with Crippen LogP contribution < -0.4 is 9.47 Å². The van der Waals surface area contributed by atoms with Crippen molar-refractivity contribution in [3.8, 4) is 11.6 Å². The molecule has 0 bridgehead atoms. The maximum atomic E-state index is 11.2. The summed E-state index contributed by atoms with van der Waals surface area (Å²) < 4.78 is 23.4. The van der Waals surface area contributed by atoms with Gasteiger partial charge in [0.25, 0.3) is 5.88 Å². The third-order valence-electron chi connectivity index (χ3n) is 7.77. The van der Waals surface area contributed by atoms with Crippen molar-refractivity contribution < 1.29 is 28.6 Å². The molecule has 1 aromatic heterocycles. The fourth-order valence-electron chi connectivity index (χ4n) is 5.59. The molecule has 34 heavy (non-hydrogen) atoms. The number of hydrogen-bond acceptors (Lipinski definition) is 7. The molecule has 2 saturated heterocycles. The molecule has 3 heterocycles. The zero-order valence-electron chi connectivity index (χ0n) is 19.8. The van der Waals surface area contributed by atoms with Gasteiger partial charge in [-0.05, 0) is 80.7 Å². The van der Waals surface area contributed by atoms with E-state index in [9.17, 15) is 9.90 Å². The van der Waals surface area contributed by atoms with E-state index in [2.05, 4.69) is 10.1 Å². The monoisotopic (exact) mass is 472 g/mol. The summed E-state index contributed by atoms with van der Waals surface area (Å²) in [5.41, 5.74) is 0.687. The fourth-order valence-corrected chi connectivity index (χ4v) is 5.59. The number of benzene rings is 1. The van der Waals surface area contributed by atoms with Gasteiger partial charge in [0.2, 0.25) is 0 Å². The van der Waals surface area contributed by atoms with Crippen molar-refractivity contribution >= 4 is 16.9 Å². The highest BCUT2D eigenvalue weighted by Gasteiger charge is 2.29. The Balaban J connectivity index is 1.10. The van der Waals surface area contributed by atoms with Crippen LogP contribution in [0.2, 0.25) is 0 Å². The summed E-state index contributed by atoms with van der Waals surface area (Å²) in [6.45, 7) is 5.34. The quantitative estimate of drug-likeness (QED) is 0.605. The predicted molar refractivity (Wildman–Crippen MR) is 126 cm³/mol. The lowest BCUT2D eigenvalue weighted by Crippen LogP contribution is -2.39. The van der Waals surface area contributed by atoms with E-state index in [4.69, 9.17) is 18.7 Å². The van der Waals surface area contributed by atoms with Gasteiger partial charge in [-0.25, -0.2) is 0 Å². The summed E-state index contributed by atoms with van der Waals surface area (Å²) in [5.74, 6) is 1.67. The first kappa shape index (κ1) is 23.4. The summed E-state index contributed by atoms with van der Waals surface area (Å²) in [4.78, 5) is 13.7. The van der Waals surface area contributed by atoms with E-state index in [-0.39, 0.29) is 12.0 Å². The zero-order valence-corrected chi connectivity index (χ0v) is 19.8. The summed E-state index contributed by atoms with van der Waals surface area (Å²) in [5, 5.41) is 14.2. The molecule has 0 spiro atoms. The Labute approximate surface area is 200 Å². The molecule has 3 fully saturated rings. The van der Waals surface area contributed by atoms with Gasteiger partial charge >= 0.3 is 5.97 Å². The van der Waals surface area contributed by atoms with Crippen LogP contribution in [0, 0.1) is 17.8 Å². The molecule has 2 aliphatic heterocycles. The number of hydrogen-bond donors (Lipinski definition) is 1. The van der Waals surface area contributed by atoms with Gasteiger partial charge < -0.3 is 28.7 Å². The molecule has 8 nitrogen and oxygen atoms in total. The number of carbonyl (C=O) groups is 1. The molecule has 0 radical (unpaired) electrons. The molecular weight excluding hydrogens is 436 g/mol. The number of ether oxygens (including phenoxy) is 3. The second-order valence-corrected chi connectivity index (χ2v) is 10.2. The van der Waals surface area contributed by atoms with Crippen molar-refractivity contribution in [1.29, 1.82) is 0 Å². The minimum Gasteiger partial charge on any atom is -0.489 e. The first-order valence-corrected chi connectivity index (χ1v) is 12.9. The number of rotatable bonds is 8. The number of piperidine rings is 1. The number of fused-ring (bicyclic) bond motifs is 1. The van der Waals surface area contributed by atoms with Gasteiger partial charge in [-0.2, -0.15) is 0 Å². The fraction of sp³-hybridized carbons (Fsp3) is 0.692. The van der Waals surface area contributed by atoms with Crippen LogP contribution in [0.25, 0.3) is 11.0 Å². The molecule has 1 aromatic carbocycles. The van der Waals surface area contributed by atoms with Crippen LogP contribution in [0.1, 0.15) is 51.4 Å². The Morgan fingerprint density at radius 2 is 1.79 bits per heavy atom. The Morgan fingerprint density at radius 1 is 1.03 bits per heavy atom. The lowest BCUT2D eigenvalue weighted by molar-refractivity contribution is -0.143. The topological polar surface area (TPSA) is 94.3 Å². The van der Waals surface area contributed by atoms with E-state index < -0.39 is 5.97 Å². The smallest absolute Gasteiger partial charge is 0.306 e. The zero-order chi connectivity index (χ0) is 23.3. The van der Waals surface area contributed by atoms with Gasteiger partial charge in [0.1, 0.15) is 17.2 Å². The van der Waals surface area contributed by atoms with Crippen LogP contribution in [-0.4, -0.2) is 66.7 Å². The molecule has 0 unspecified atom stereocenters. The van der Waals surface area contributed by atoms with E-state index in [0.717, 1.165) is 95.4 Å². The van der Waals surface area contributed by atoms with Crippen LogP contribution in [0.5, 0.6) is 11.6 Å². The SMILES string of the molecule is O=C(O)[C@H]1CC[C@H](CN2CCC(COc3noc4cccc(OC5CCOCC5)c34)CC2)CC1. The predicted octanol–water partition coefficient (Wildman–Crippen LogP) is 4.37. The van der Waals surface area contributed by atoms with Crippen LogP contribution in [0.3, 0.4) is 0 Å². The van der Waals surface area contributed by atoms with Crippen molar-refractivity contribution in [2.24, 2.45) is 17.8 Å². The molecule has 2 aromatic rings. The van der Waals surface area contributed by atoms with Crippen molar-refractivity contribution in [3.05, 3.63) is 18.2 Å². The van der Waals surface area contributed by atoms with Crippen LogP contribution in [0.4, 0.5) is 0 Å². The van der Waals surface area contributed by atoms with Gasteiger partial charge in [0.05, 0.1) is 25.7 Å². The Hall–Kier alpha value is -2.32. The van der Waals surface area contributed by atoms with E-state index in [1.54, 1.807) is 0 Å². The Kier molecular flexibility index (Phi) is 7.54. The highest BCUT2D eigenvalue weighted by molar-refractivity contribution is 5.88. The van der Waals surface area contributed by atoms with Crippen molar-refractivity contribution in [1.82, 2.24) is 10.1 Å². The highest BCUT2D eigenvalue weighted by Crippen LogP contribution is 2.36. The molecule has 0 atom stereocenters. The molecule has 186 valence electrons. The van der Waals surface area contributed by atoms with E-state index in [1.807, 2.05) is 18.2 Å². The molecular formula is C26H36N2O6. The van der Waals surface area contributed by atoms with Crippen LogP contribution in [0.15, 0.2) is 22.7 Å². The maximum absolute atomic E-state index is 11.2. The standard InChI is InChI=1S/C26H36N2O6/c29-26(30)20-6-4-18(5-7-20)16-28-12-8-19(9-13-28)17-32-25-24-22(2-1-3-23(24)34-27-25)33-21-10-14-31-15-11-21/h1-3,18-21H,4-17H2,(H,29,30)/t18-,20-. The third-order valence-corrected chi connectivity index (χ3v) is 7.77. The number of nitrogens with zero attached hydrogens (tertiary/aromatic N) is 2.